The number of ether oxygens (including phenoxy) is 2. The van der Waals surface area contributed by atoms with E-state index in [9.17, 15) is 4.79 Å². The molecule has 0 spiro atoms. The lowest BCUT2D eigenvalue weighted by molar-refractivity contribution is 0.0953. The van der Waals surface area contributed by atoms with Crippen LogP contribution in [-0.4, -0.2) is 36.1 Å². The zero-order valence-corrected chi connectivity index (χ0v) is 12.2. The highest BCUT2D eigenvalue weighted by atomic mass is 16.5. The van der Waals surface area contributed by atoms with Crippen molar-refractivity contribution in [1.29, 1.82) is 0 Å². The average molecular weight is 289 g/mol. The van der Waals surface area contributed by atoms with Gasteiger partial charge in [0.2, 0.25) is 0 Å². The quantitative estimate of drug-likeness (QED) is 0.814. The van der Waals surface area contributed by atoms with Gasteiger partial charge in [-0.15, -0.1) is 0 Å². The highest BCUT2D eigenvalue weighted by Gasteiger charge is 2.10. The number of amides is 1. The van der Waals surface area contributed by atoms with Crippen LogP contribution in [0.25, 0.3) is 0 Å². The first-order valence-corrected chi connectivity index (χ1v) is 6.81. The summed E-state index contributed by atoms with van der Waals surface area (Å²) in [7, 11) is 1.55. The Morgan fingerprint density at radius 2 is 2.24 bits per heavy atom. The second kappa shape index (κ2) is 7.33. The van der Waals surface area contributed by atoms with Crippen LogP contribution in [0.5, 0.6) is 11.5 Å². The number of methoxy groups -OCH3 is 1. The number of aromatic nitrogens is 2. The first-order chi connectivity index (χ1) is 10.2. The molecule has 0 atom stereocenters. The van der Waals surface area contributed by atoms with Crippen LogP contribution in [0, 0.1) is 0 Å². The summed E-state index contributed by atoms with van der Waals surface area (Å²) in [6.07, 6.45) is 4.07. The predicted molar refractivity (Wildman–Crippen MR) is 78.8 cm³/mol. The lowest BCUT2D eigenvalue weighted by Gasteiger charge is -2.11. The monoisotopic (exact) mass is 289 g/mol. The van der Waals surface area contributed by atoms with Crippen molar-refractivity contribution in [3.8, 4) is 11.5 Å². The summed E-state index contributed by atoms with van der Waals surface area (Å²) in [5.41, 5.74) is 1.53. The molecule has 2 N–H and O–H groups in total. The van der Waals surface area contributed by atoms with E-state index in [-0.39, 0.29) is 5.91 Å². The molecule has 1 amide bonds. The molecule has 0 radical (unpaired) electrons. The van der Waals surface area contributed by atoms with Crippen molar-refractivity contribution in [1.82, 2.24) is 15.3 Å². The summed E-state index contributed by atoms with van der Waals surface area (Å²) in [5.74, 6) is 1.04. The van der Waals surface area contributed by atoms with Gasteiger partial charge in [-0.3, -0.25) is 4.79 Å². The van der Waals surface area contributed by atoms with E-state index in [1.54, 1.807) is 37.8 Å². The lowest BCUT2D eigenvalue weighted by Crippen LogP contribution is -2.25. The van der Waals surface area contributed by atoms with Crippen molar-refractivity contribution in [3.63, 3.8) is 0 Å². The van der Waals surface area contributed by atoms with Crippen LogP contribution in [0.15, 0.2) is 30.7 Å². The van der Waals surface area contributed by atoms with Gasteiger partial charge in [0.05, 0.1) is 20.0 Å². The number of hydrogen-bond donors (Lipinski definition) is 2. The van der Waals surface area contributed by atoms with Crippen LogP contribution in [-0.2, 0) is 6.42 Å². The Bertz CT molecular complexity index is 582. The molecule has 1 aromatic carbocycles. The fourth-order valence-electron chi connectivity index (χ4n) is 1.92. The molecule has 2 rings (SSSR count). The van der Waals surface area contributed by atoms with Crippen molar-refractivity contribution in [2.75, 3.05) is 20.3 Å². The van der Waals surface area contributed by atoms with Gasteiger partial charge in [0, 0.05) is 30.4 Å². The van der Waals surface area contributed by atoms with Crippen molar-refractivity contribution in [2.24, 2.45) is 0 Å². The Hall–Kier alpha value is -2.50. The summed E-state index contributed by atoms with van der Waals surface area (Å²) in [6.45, 7) is 2.98. The molecule has 1 heterocycles. The number of carbonyl (C=O) groups excluding carboxylic acids is 1. The van der Waals surface area contributed by atoms with Gasteiger partial charge in [0.25, 0.3) is 5.91 Å². The van der Waals surface area contributed by atoms with Crippen LogP contribution in [0.2, 0.25) is 0 Å². The molecule has 6 nitrogen and oxygen atoms in total. The van der Waals surface area contributed by atoms with Gasteiger partial charge in [-0.25, -0.2) is 4.98 Å². The second-order valence-electron chi connectivity index (χ2n) is 4.38. The molecule has 0 fully saturated rings. The zero-order valence-electron chi connectivity index (χ0n) is 12.2. The summed E-state index contributed by atoms with van der Waals surface area (Å²) >= 11 is 0. The number of nitrogens with zero attached hydrogens (tertiary/aromatic N) is 1. The highest BCUT2D eigenvalue weighted by Crippen LogP contribution is 2.27. The molecule has 0 unspecified atom stereocenters. The Labute approximate surface area is 123 Å². The minimum Gasteiger partial charge on any atom is -0.493 e. The van der Waals surface area contributed by atoms with Crippen molar-refractivity contribution in [2.45, 2.75) is 13.3 Å². The Morgan fingerprint density at radius 1 is 1.38 bits per heavy atom. The Balaban J connectivity index is 1.95. The minimum absolute atomic E-state index is 0.143. The number of carbonyl (C=O) groups is 1. The standard InChI is InChI=1S/C15H19N3O3/c1-3-21-13-5-4-11(8-14(13)20-2)15(19)17-7-6-12-9-16-10-18-12/h4-5,8-10H,3,6-7H2,1-2H3,(H,16,18)(H,17,19). The van der Waals surface area contributed by atoms with Gasteiger partial charge < -0.3 is 19.8 Å². The first kappa shape index (κ1) is 14.9. The predicted octanol–water partition coefficient (Wildman–Crippen LogP) is 1.79. The summed E-state index contributed by atoms with van der Waals surface area (Å²) < 4.78 is 10.7. The van der Waals surface area contributed by atoms with Crippen LogP contribution >= 0.6 is 0 Å². The number of hydrogen-bond acceptors (Lipinski definition) is 4. The van der Waals surface area contributed by atoms with E-state index in [2.05, 4.69) is 15.3 Å². The molecule has 0 aliphatic heterocycles. The van der Waals surface area contributed by atoms with Crippen LogP contribution in [0.1, 0.15) is 23.0 Å². The van der Waals surface area contributed by atoms with Gasteiger partial charge in [-0.05, 0) is 25.1 Å². The van der Waals surface area contributed by atoms with E-state index in [0.717, 1.165) is 5.69 Å². The summed E-state index contributed by atoms with van der Waals surface area (Å²) in [6, 6.07) is 5.14. The second-order valence-corrected chi connectivity index (χ2v) is 4.38. The fraction of sp³-hybridized carbons (Fsp3) is 0.333. The summed E-state index contributed by atoms with van der Waals surface area (Å²) in [5, 5.41) is 2.86. The van der Waals surface area contributed by atoms with Crippen molar-refractivity contribution >= 4 is 5.91 Å². The van der Waals surface area contributed by atoms with Gasteiger partial charge in [-0.1, -0.05) is 0 Å². The van der Waals surface area contributed by atoms with E-state index < -0.39 is 0 Å². The molecule has 2 aromatic rings. The largest absolute Gasteiger partial charge is 0.493 e. The van der Waals surface area contributed by atoms with Crippen molar-refractivity contribution < 1.29 is 14.3 Å². The van der Waals surface area contributed by atoms with E-state index in [0.29, 0.717) is 36.6 Å². The molecule has 6 heteroatoms. The number of aromatic amines is 1. The maximum atomic E-state index is 12.1. The van der Waals surface area contributed by atoms with Gasteiger partial charge >= 0.3 is 0 Å². The third-order valence-corrected chi connectivity index (χ3v) is 2.96. The smallest absolute Gasteiger partial charge is 0.251 e. The fourth-order valence-corrected chi connectivity index (χ4v) is 1.92. The van der Waals surface area contributed by atoms with E-state index in [1.807, 2.05) is 6.92 Å². The van der Waals surface area contributed by atoms with Crippen LogP contribution in [0.3, 0.4) is 0 Å². The topological polar surface area (TPSA) is 76.2 Å². The third kappa shape index (κ3) is 3.98. The van der Waals surface area contributed by atoms with E-state index >= 15 is 0 Å². The summed E-state index contributed by atoms with van der Waals surface area (Å²) in [4.78, 5) is 19.0. The van der Waals surface area contributed by atoms with E-state index in [4.69, 9.17) is 9.47 Å². The third-order valence-electron chi connectivity index (χ3n) is 2.96. The van der Waals surface area contributed by atoms with Gasteiger partial charge in [-0.2, -0.15) is 0 Å². The lowest BCUT2D eigenvalue weighted by atomic mass is 10.2. The molecule has 0 bridgehead atoms. The normalized spacial score (nSPS) is 10.2. The number of rotatable bonds is 7. The number of benzene rings is 1. The number of nitrogens with one attached hydrogen (secondary N) is 2. The Kier molecular flexibility index (Phi) is 5.20. The first-order valence-electron chi connectivity index (χ1n) is 6.81. The SMILES string of the molecule is CCOc1ccc(C(=O)NCCc2cnc[nH]2)cc1OC. The molecular formula is C15H19N3O3. The average Bonchev–Trinajstić information content (AvgIpc) is 3.01. The molecule has 0 aliphatic carbocycles. The van der Waals surface area contributed by atoms with Gasteiger partial charge in [0.1, 0.15) is 0 Å². The zero-order chi connectivity index (χ0) is 15.1. The molecule has 112 valence electrons. The molecular weight excluding hydrogens is 270 g/mol. The molecule has 0 aliphatic rings. The maximum Gasteiger partial charge on any atom is 0.251 e. The van der Waals surface area contributed by atoms with Crippen LogP contribution in [0.4, 0.5) is 0 Å². The van der Waals surface area contributed by atoms with E-state index in [1.165, 1.54) is 0 Å². The molecule has 21 heavy (non-hydrogen) atoms. The molecule has 0 saturated heterocycles. The van der Waals surface area contributed by atoms with Gasteiger partial charge in [0.15, 0.2) is 11.5 Å². The van der Waals surface area contributed by atoms with Crippen molar-refractivity contribution in [3.05, 3.63) is 42.0 Å². The maximum absolute atomic E-state index is 12.1. The molecule has 0 saturated carbocycles. The Morgan fingerprint density at radius 3 is 2.90 bits per heavy atom. The van der Waals surface area contributed by atoms with Crippen LogP contribution < -0.4 is 14.8 Å². The highest BCUT2D eigenvalue weighted by molar-refractivity contribution is 5.94. The number of imidazole rings is 1. The molecule has 1 aromatic heterocycles. The minimum atomic E-state index is -0.143. The number of H-pyrrole nitrogens is 1.